The SMILES string of the molecule is CC(=O)N(CCCN1CCOCC1)CC(=O)N(Cc1ccc(F)cc1)Cc1ccco1. The first kappa shape index (κ1) is 23.0. The molecule has 0 saturated carbocycles. The van der Waals surface area contributed by atoms with E-state index < -0.39 is 0 Å². The average molecular weight is 432 g/mol. The van der Waals surface area contributed by atoms with Crippen LogP contribution in [0, 0.1) is 5.82 Å². The molecule has 2 aromatic rings. The first-order chi connectivity index (χ1) is 15.0. The summed E-state index contributed by atoms with van der Waals surface area (Å²) in [6.07, 6.45) is 2.35. The second-order valence-corrected chi connectivity index (χ2v) is 7.70. The molecule has 0 radical (unpaired) electrons. The first-order valence-corrected chi connectivity index (χ1v) is 10.6. The first-order valence-electron chi connectivity index (χ1n) is 10.6. The fraction of sp³-hybridized carbons (Fsp3) is 0.478. The topological polar surface area (TPSA) is 66.2 Å². The van der Waals surface area contributed by atoms with Crippen molar-refractivity contribution < 1.29 is 23.1 Å². The van der Waals surface area contributed by atoms with E-state index in [2.05, 4.69) is 4.90 Å². The Morgan fingerprint density at radius 2 is 1.81 bits per heavy atom. The normalized spacial score (nSPS) is 14.4. The quantitative estimate of drug-likeness (QED) is 0.578. The van der Waals surface area contributed by atoms with Gasteiger partial charge < -0.3 is 19.0 Å². The lowest BCUT2D eigenvalue weighted by Gasteiger charge is -2.29. The standard InChI is InChI=1S/C23H30FN3O4/c1-19(28)26(10-3-9-25-11-14-30-15-12-25)18-23(29)27(17-22-4-2-13-31-22)16-20-5-7-21(24)8-6-20/h2,4-8,13H,3,9-12,14-18H2,1H3. The number of rotatable bonds is 10. The lowest BCUT2D eigenvalue weighted by Crippen LogP contribution is -2.43. The Bertz CT molecular complexity index is 820. The number of nitrogens with zero attached hydrogens (tertiary/aromatic N) is 3. The molecule has 3 rings (SSSR count). The molecule has 1 saturated heterocycles. The molecule has 0 aliphatic carbocycles. The van der Waals surface area contributed by atoms with E-state index in [4.69, 9.17) is 9.15 Å². The highest BCUT2D eigenvalue weighted by Gasteiger charge is 2.21. The zero-order valence-corrected chi connectivity index (χ0v) is 18.0. The van der Waals surface area contributed by atoms with Crippen LogP contribution in [0.15, 0.2) is 47.1 Å². The number of halogens is 1. The predicted molar refractivity (Wildman–Crippen MR) is 113 cm³/mol. The van der Waals surface area contributed by atoms with Gasteiger partial charge in [0, 0.05) is 39.6 Å². The van der Waals surface area contributed by atoms with Gasteiger partial charge in [-0.3, -0.25) is 14.5 Å². The van der Waals surface area contributed by atoms with Gasteiger partial charge in [-0.05, 0) is 36.2 Å². The Balaban J connectivity index is 1.60. The van der Waals surface area contributed by atoms with Crippen LogP contribution in [0.5, 0.6) is 0 Å². The lowest BCUT2D eigenvalue weighted by molar-refractivity contribution is -0.140. The number of ether oxygens (including phenoxy) is 1. The van der Waals surface area contributed by atoms with Gasteiger partial charge in [0.25, 0.3) is 0 Å². The van der Waals surface area contributed by atoms with Crippen molar-refractivity contribution in [1.82, 2.24) is 14.7 Å². The molecule has 1 aliphatic rings. The largest absolute Gasteiger partial charge is 0.467 e. The van der Waals surface area contributed by atoms with Crippen molar-refractivity contribution in [1.29, 1.82) is 0 Å². The fourth-order valence-corrected chi connectivity index (χ4v) is 3.55. The van der Waals surface area contributed by atoms with E-state index in [0.717, 1.165) is 44.8 Å². The van der Waals surface area contributed by atoms with Crippen molar-refractivity contribution in [2.45, 2.75) is 26.4 Å². The van der Waals surface area contributed by atoms with Crippen LogP contribution >= 0.6 is 0 Å². The van der Waals surface area contributed by atoms with E-state index in [1.807, 2.05) is 0 Å². The molecule has 7 nitrogen and oxygen atoms in total. The summed E-state index contributed by atoms with van der Waals surface area (Å²) in [5.74, 6) is 0.0187. The molecule has 2 amide bonds. The maximum atomic E-state index is 13.3. The molecule has 8 heteroatoms. The summed E-state index contributed by atoms with van der Waals surface area (Å²) in [5.41, 5.74) is 0.808. The zero-order chi connectivity index (χ0) is 22.1. The maximum Gasteiger partial charge on any atom is 0.242 e. The Morgan fingerprint density at radius 1 is 1.06 bits per heavy atom. The van der Waals surface area contributed by atoms with Gasteiger partial charge in [0.1, 0.15) is 11.6 Å². The van der Waals surface area contributed by atoms with Crippen molar-refractivity contribution in [2.24, 2.45) is 0 Å². The second kappa shape index (κ2) is 11.6. The minimum absolute atomic E-state index is 0.000345. The number of hydrogen-bond acceptors (Lipinski definition) is 5. The molecule has 0 bridgehead atoms. The Morgan fingerprint density at radius 3 is 2.45 bits per heavy atom. The average Bonchev–Trinajstić information content (AvgIpc) is 3.28. The molecular formula is C23H30FN3O4. The second-order valence-electron chi connectivity index (χ2n) is 7.70. The molecule has 0 atom stereocenters. The highest BCUT2D eigenvalue weighted by atomic mass is 19.1. The van der Waals surface area contributed by atoms with Crippen molar-refractivity contribution in [3.05, 3.63) is 59.8 Å². The Hall–Kier alpha value is -2.71. The summed E-state index contributed by atoms with van der Waals surface area (Å²) in [7, 11) is 0. The van der Waals surface area contributed by atoms with Crippen LogP contribution in [0.1, 0.15) is 24.7 Å². The molecule has 1 aromatic carbocycles. The molecule has 1 aliphatic heterocycles. The van der Waals surface area contributed by atoms with Gasteiger partial charge in [-0.1, -0.05) is 12.1 Å². The number of amides is 2. The highest BCUT2D eigenvalue weighted by molar-refractivity contribution is 5.83. The molecular weight excluding hydrogens is 401 g/mol. The van der Waals surface area contributed by atoms with Gasteiger partial charge in [0.15, 0.2) is 0 Å². The van der Waals surface area contributed by atoms with Crippen LogP contribution in [0.25, 0.3) is 0 Å². The summed E-state index contributed by atoms with van der Waals surface area (Å²) in [5, 5.41) is 0. The molecule has 1 fully saturated rings. The third-order valence-corrected chi connectivity index (χ3v) is 5.34. The summed E-state index contributed by atoms with van der Waals surface area (Å²) in [6.45, 7) is 6.72. The Labute approximate surface area is 182 Å². The van der Waals surface area contributed by atoms with Crippen molar-refractivity contribution >= 4 is 11.8 Å². The molecule has 0 unspecified atom stereocenters. The number of morpholine rings is 1. The van der Waals surface area contributed by atoms with Gasteiger partial charge in [0.05, 0.1) is 32.6 Å². The van der Waals surface area contributed by atoms with Crippen LogP contribution < -0.4 is 0 Å². The molecule has 168 valence electrons. The van der Waals surface area contributed by atoms with E-state index >= 15 is 0 Å². The van der Waals surface area contributed by atoms with Crippen molar-refractivity contribution in [2.75, 3.05) is 45.9 Å². The van der Waals surface area contributed by atoms with Crippen LogP contribution in [-0.2, 0) is 27.4 Å². The van der Waals surface area contributed by atoms with Gasteiger partial charge >= 0.3 is 0 Å². The van der Waals surface area contributed by atoms with Gasteiger partial charge in [-0.2, -0.15) is 0 Å². The third-order valence-electron chi connectivity index (χ3n) is 5.34. The lowest BCUT2D eigenvalue weighted by atomic mass is 10.2. The fourth-order valence-electron chi connectivity index (χ4n) is 3.55. The third kappa shape index (κ3) is 7.48. The smallest absolute Gasteiger partial charge is 0.242 e. The molecule has 0 spiro atoms. The Kier molecular flexibility index (Phi) is 8.61. The monoisotopic (exact) mass is 431 g/mol. The highest BCUT2D eigenvalue weighted by Crippen LogP contribution is 2.13. The van der Waals surface area contributed by atoms with E-state index in [1.54, 1.807) is 40.3 Å². The van der Waals surface area contributed by atoms with Crippen molar-refractivity contribution in [3.63, 3.8) is 0 Å². The molecule has 2 heterocycles. The van der Waals surface area contributed by atoms with E-state index in [0.29, 0.717) is 18.8 Å². The van der Waals surface area contributed by atoms with Gasteiger partial charge in [-0.15, -0.1) is 0 Å². The van der Waals surface area contributed by atoms with Crippen LogP contribution in [0.2, 0.25) is 0 Å². The number of carbonyl (C=O) groups excluding carboxylic acids is 2. The van der Waals surface area contributed by atoms with Gasteiger partial charge in [-0.25, -0.2) is 4.39 Å². The van der Waals surface area contributed by atoms with Gasteiger partial charge in [0.2, 0.25) is 11.8 Å². The van der Waals surface area contributed by atoms with Crippen LogP contribution in [0.3, 0.4) is 0 Å². The summed E-state index contributed by atoms with van der Waals surface area (Å²) >= 11 is 0. The zero-order valence-electron chi connectivity index (χ0n) is 18.0. The number of hydrogen-bond donors (Lipinski definition) is 0. The summed E-state index contributed by atoms with van der Waals surface area (Å²) in [4.78, 5) is 30.8. The maximum absolute atomic E-state index is 13.3. The minimum atomic E-state index is -0.323. The number of benzene rings is 1. The summed E-state index contributed by atoms with van der Waals surface area (Å²) in [6, 6.07) is 9.63. The van der Waals surface area contributed by atoms with Crippen LogP contribution in [-0.4, -0.2) is 72.5 Å². The molecule has 1 aromatic heterocycles. The van der Waals surface area contributed by atoms with E-state index in [9.17, 15) is 14.0 Å². The van der Waals surface area contributed by atoms with Crippen molar-refractivity contribution in [3.8, 4) is 0 Å². The number of carbonyl (C=O) groups is 2. The summed E-state index contributed by atoms with van der Waals surface area (Å²) < 4.78 is 24.0. The molecule has 31 heavy (non-hydrogen) atoms. The van der Waals surface area contributed by atoms with Crippen LogP contribution in [0.4, 0.5) is 4.39 Å². The molecule has 0 N–H and O–H groups in total. The minimum Gasteiger partial charge on any atom is -0.467 e. The predicted octanol–water partition coefficient (Wildman–Crippen LogP) is 2.52. The van der Waals surface area contributed by atoms with E-state index in [1.165, 1.54) is 19.1 Å². The number of furan rings is 1. The van der Waals surface area contributed by atoms with E-state index in [-0.39, 0.29) is 30.7 Å².